The minimum atomic E-state index is -0.443. The molecule has 33 heavy (non-hydrogen) atoms. The molecular weight excluding hydrogens is 438 g/mol. The zero-order valence-electron chi connectivity index (χ0n) is 17.7. The molecular formula is C25H20ClN5O2. The Bertz CT molecular complexity index is 1390. The van der Waals surface area contributed by atoms with E-state index >= 15 is 0 Å². The smallest absolute Gasteiger partial charge is 0.272 e. The van der Waals surface area contributed by atoms with Gasteiger partial charge in [-0.3, -0.25) is 4.79 Å². The number of furan rings is 1. The maximum atomic E-state index is 13.4. The van der Waals surface area contributed by atoms with E-state index in [2.05, 4.69) is 15.4 Å². The average molecular weight is 458 g/mol. The summed E-state index contributed by atoms with van der Waals surface area (Å²) in [5.74, 6) is 0.973. The van der Waals surface area contributed by atoms with Crippen LogP contribution in [0.5, 0.6) is 0 Å². The van der Waals surface area contributed by atoms with Crippen LogP contribution in [0, 0.1) is 0 Å². The van der Waals surface area contributed by atoms with E-state index < -0.39 is 6.04 Å². The van der Waals surface area contributed by atoms with Crippen LogP contribution < -0.4 is 5.32 Å². The summed E-state index contributed by atoms with van der Waals surface area (Å²) in [6.45, 7) is 0. The Kier molecular flexibility index (Phi) is 5.54. The molecule has 0 saturated carbocycles. The zero-order chi connectivity index (χ0) is 22.8. The van der Waals surface area contributed by atoms with Gasteiger partial charge in [-0.1, -0.05) is 48.0 Å². The standard InChI is InChI=1S/C25H20ClN5O2/c1-30-13-12-27-24(30)23(17-7-3-2-4-8-17)28-25(32)20-16-21(22-11-6-14-33-22)31(29-20)19-10-5-9-18(26)15-19/h2-16,23H,1H3,(H,28,32). The highest BCUT2D eigenvalue weighted by Gasteiger charge is 2.24. The monoisotopic (exact) mass is 457 g/mol. The van der Waals surface area contributed by atoms with Crippen LogP contribution >= 0.6 is 11.6 Å². The lowest BCUT2D eigenvalue weighted by atomic mass is 10.1. The lowest BCUT2D eigenvalue weighted by molar-refractivity contribution is 0.0935. The van der Waals surface area contributed by atoms with Gasteiger partial charge < -0.3 is 14.3 Å². The Morgan fingerprint density at radius 1 is 1.06 bits per heavy atom. The molecule has 2 aromatic carbocycles. The van der Waals surface area contributed by atoms with E-state index in [1.807, 2.05) is 66.3 Å². The van der Waals surface area contributed by atoms with Gasteiger partial charge in [0.05, 0.1) is 12.0 Å². The second-order valence-electron chi connectivity index (χ2n) is 7.50. The molecule has 0 saturated heterocycles. The van der Waals surface area contributed by atoms with E-state index in [0.29, 0.717) is 16.5 Å². The third kappa shape index (κ3) is 4.18. The molecule has 3 heterocycles. The van der Waals surface area contributed by atoms with Crippen molar-refractivity contribution in [2.45, 2.75) is 6.04 Å². The number of carbonyl (C=O) groups excluding carboxylic acids is 1. The second-order valence-corrected chi connectivity index (χ2v) is 7.93. The molecule has 0 radical (unpaired) electrons. The van der Waals surface area contributed by atoms with Crippen molar-refractivity contribution in [1.82, 2.24) is 24.6 Å². The number of rotatable bonds is 6. The van der Waals surface area contributed by atoms with Crippen LogP contribution in [-0.4, -0.2) is 25.2 Å². The number of amides is 1. The highest BCUT2D eigenvalue weighted by molar-refractivity contribution is 6.30. The Labute approximate surface area is 195 Å². The summed E-state index contributed by atoms with van der Waals surface area (Å²) < 4.78 is 9.13. The maximum Gasteiger partial charge on any atom is 0.272 e. The maximum absolute atomic E-state index is 13.4. The van der Waals surface area contributed by atoms with E-state index in [1.165, 1.54) is 0 Å². The first-order chi connectivity index (χ1) is 16.1. The topological polar surface area (TPSA) is 77.9 Å². The molecule has 5 aromatic rings. The molecule has 0 aliphatic carbocycles. The predicted molar refractivity (Wildman–Crippen MR) is 125 cm³/mol. The number of carbonyl (C=O) groups is 1. The summed E-state index contributed by atoms with van der Waals surface area (Å²) in [5, 5.41) is 8.24. The number of imidazole rings is 1. The molecule has 1 amide bonds. The molecule has 0 spiro atoms. The predicted octanol–water partition coefficient (Wildman–Crippen LogP) is 5.04. The number of halogens is 1. The summed E-state index contributed by atoms with van der Waals surface area (Å²) in [5.41, 5.74) is 2.52. The van der Waals surface area contributed by atoms with Gasteiger partial charge in [0.2, 0.25) is 0 Å². The zero-order valence-corrected chi connectivity index (χ0v) is 18.5. The van der Waals surface area contributed by atoms with Crippen molar-refractivity contribution in [3.05, 3.63) is 114 Å². The Hall–Kier alpha value is -4.10. The first-order valence-electron chi connectivity index (χ1n) is 10.3. The van der Waals surface area contributed by atoms with Gasteiger partial charge in [0, 0.05) is 30.5 Å². The van der Waals surface area contributed by atoms with Gasteiger partial charge in [0.15, 0.2) is 11.5 Å². The molecule has 3 aromatic heterocycles. The van der Waals surface area contributed by atoms with E-state index in [0.717, 1.165) is 17.1 Å². The highest BCUT2D eigenvalue weighted by Crippen LogP contribution is 2.27. The molecule has 7 nitrogen and oxygen atoms in total. The second kappa shape index (κ2) is 8.80. The fraction of sp³-hybridized carbons (Fsp3) is 0.0800. The van der Waals surface area contributed by atoms with Crippen LogP contribution in [-0.2, 0) is 7.05 Å². The largest absolute Gasteiger partial charge is 0.463 e. The molecule has 0 aliphatic heterocycles. The van der Waals surface area contributed by atoms with Crippen molar-refractivity contribution in [1.29, 1.82) is 0 Å². The van der Waals surface area contributed by atoms with Crippen molar-refractivity contribution >= 4 is 17.5 Å². The van der Waals surface area contributed by atoms with Gasteiger partial charge in [-0.2, -0.15) is 5.10 Å². The molecule has 0 fully saturated rings. The molecule has 0 aliphatic rings. The number of aryl methyl sites for hydroxylation is 1. The van der Waals surface area contributed by atoms with Crippen molar-refractivity contribution in [3.63, 3.8) is 0 Å². The number of hydrogen-bond donors (Lipinski definition) is 1. The van der Waals surface area contributed by atoms with E-state index in [9.17, 15) is 4.79 Å². The summed E-state index contributed by atoms with van der Waals surface area (Å²) >= 11 is 6.20. The first-order valence-corrected chi connectivity index (χ1v) is 10.7. The highest BCUT2D eigenvalue weighted by atomic mass is 35.5. The Morgan fingerprint density at radius 3 is 2.61 bits per heavy atom. The third-order valence-corrected chi connectivity index (χ3v) is 5.53. The lowest BCUT2D eigenvalue weighted by Crippen LogP contribution is -2.31. The van der Waals surface area contributed by atoms with E-state index in [4.69, 9.17) is 16.0 Å². The summed E-state index contributed by atoms with van der Waals surface area (Å²) in [4.78, 5) is 17.8. The number of nitrogens with zero attached hydrogens (tertiary/aromatic N) is 4. The molecule has 164 valence electrons. The number of hydrogen-bond acceptors (Lipinski definition) is 4. The normalized spacial score (nSPS) is 11.9. The van der Waals surface area contributed by atoms with Crippen molar-refractivity contribution in [2.24, 2.45) is 7.05 Å². The SMILES string of the molecule is Cn1ccnc1C(NC(=O)c1cc(-c2ccco2)n(-c2cccc(Cl)c2)n1)c1ccccc1. The summed E-state index contributed by atoms with van der Waals surface area (Å²) in [7, 11) is 1.90. The number of benzene rings is 2. The van der Waals surface area contributed by atoms with Crippen LogP contribution in [0.3, 0.4) is 0 Å². The molecule has 1 N–H and O–H groups in total. The number of aromatic nitrogens is 4. The van der Waals surface area contributed by atoms with Crippen molar-refractivity contribution in [2.75, 3.05) is 0 Å². The third-order valence-electron chi connectivity index (χ3n) is 5.29. The van der Waals surface area contributed by atoms with Crippen LogP contribution in [0.1, 0.15) is 27.9 Å². The van der Waals surface area contributed by atoms with Gasteiger partial charge in [0.1, 0.15) is 17.6 Å². The van der Waals surface area contributed by atoms with E-state index in [1.54, 1.807) is 41.4 Å². The molecule has 8 heteroatoms. The van der Waals surface area contributed by atoms with E-state index in [-0.39, 0.29) is 11.6 Å². The minimum Gasteiger partial charge on any atom is -0.463 e. The van der Waals surface area contributed by atoms with Crippen LogP contribution in [0.4, 0.5) is 0 Å². The van der Waals surface area contributed by atoms with Crippen LogP contribution in [0.15, 0.2) is 95.9 Å². The fourth-order valence-electron chi connectivity index (χ4n) is 3.70. The van der Waals surface area contributed by atoms with Gasteiger partial charge in [0.25, 0.3) is 5.91 Å². The summed E-state index contributed by atoms with van der Waals surface area (Å²) in [6, 6.07) is 21.8. The Morgan fingerprint density at radius 2 is 1.91 bits per heavy atom. The van der Waals surface area contributed by atoms with Crippen LogP contribution in [0.25, 0.3) is 17.1 Å². The lowest BCUT2D eigenvalue weighted by Gasteiger charge is -2.18. The number of nitrogens with one attached hydrogen (secondary N) is 1. The van der Waals surface area contributed by atoms with Crippen molar-refractivity contribution in [3.8, 4) is 17.1 Å². The first kappa shape index (κ1) is 20.8. The molecule has 1 unspecified atom stereocenters. The molecule has 0 bridgehead atoms. The Balaban J connectivity index is 1.54. The van der Waals surface area contributed by atoms with Gasteiger partial charge in [-0.05, 0) is 35.9 Å². The quantitative estimate of drug-likeness (QED) is 0.387. The van der Waals surface area contributed by atoms with Gasteiger partial charge in [-0.25, -0.2) is 9.67 Å². The summed E-state index contributed by atoms with van der Waals surface area (Å²) in [6.07, 6.45) is 5.14. The van der Waals surface area contributed by atoms with Gasteiger partial charge in [-0.15, -0.1) is 0 Å². The fourth-order valence-corrected chi connectivity index (χ4v) is 3.88. The van der Waals surface area contributed by atoms with Gasteiger partial charge >= 0.3 is 0 Å². The minimum absolute atomic E-state index is 0.247. The average Bonchev–Trinajstić information content (AvgIpc) is 3.58. The van der Waals surface area contributed by atoms with Crippen molar-refractivity contribution < 1.29 is 9.21 Å². The van der Waals surface area contributed by atoms with Crippen LogP contribution in [0.2, 0.25) is 5.02 Å². The molecule has 1 atom stereocenters. The molecule has 5 rings (SSSR count).